The van der Waals surface area contributed by atoms with Gasteiger partial charge in [-0.2, -0.15) is 5.10 Å². The number of non-ortho nitro benzene ring substituents is 2. The van der Waals surface area contributed by atoms with Crippen molar-refractivity contribution < 1.29 is 14.6 Å². The molecule has 9 heteroatoms. The highest BCUT2D eigenvalue weighted by molar-refractivity contribution is 5.95. The Morgan fingerprint density at radius 2 is 1.64 bits per heavy atom. The number of rotatable bonds is 7. The number of nitrogens with one attached hydrogen (secondary N) is 1. The number of carbonyl (C=O) groups excluding carboxylic acids is 1. The van der Waals surface area contributed by atoms with Crippen molar-refractivity contribution in [2.75, 3.05) is 0 Å². The molecule has 2 aromatic carbocycles. The Bertz CT molecular complexity index is 788. The second kappa shape index (κ2) is 8.29. The molecule has 0 aromatic heterocycles. The lowest BCUT2D eigenvalue weighted by atomic mass is 10.1. The number of hydrazone groups is 1. The van der Waals surface area contributed by atoms with Crippen molar-refractivity contribution in [1.82, 2.24) is 5.43 Å². The first-order valence-electron chi connectivity index (χ1n) is 7.27. The Kier molecular flexibility index (Phi) is 5.88. The number of hydrogen-bond donors (Lipinski definition) is 1. The summed E-state index contributed by atoms with van der Waals surface area (Å²) < 4.78 is 0. The molecule has 0 aliphatic carbocycles. The lowest BCUT2D eigenvalue weighted by Crippen LogP contribution is -2.18. The molecular formula is C16H14N4O5. The van der Waals surface area contributed by atoms with E-state index in [0.717, 1.165) is 30.2 Å². The zero-order valence-corrected chi connectivity index (χ0v) is 13.0. The summed E-state index contributed by atoms with van der Waals surface area (Å²) in [5.41, 5.74) is 2.05. The number of nitrogens with zero attached hydrogens (tertiary/aromatic N) is 3. The number of benzene rings is 2. The molecule has 9 nitrogen and oxygen atoms in total. The summed E-state index contributed by atoms with van der Waals surface area (Å²) >= 11 is 0. The number of aryl methyl sites for hydroxylation is 1. The van der Waals surface area contributed by atoms with E-state index >= 15 is 0 Å². The van der Waals surface area contributed by atoms with E-state index in [4.69, 9.17) is 0 Å². The van der Waals surface area contributed by atoms with Gasteiger partial charge in [0.15, 0.2) is 0 Å². The molecule has 0 aliphatic rings. The first-order valence-corrected chi connectivity index (χ1v) is 7.27. The standard InChI is InChI=1S/C16H14N4O5/c21-16(18-17-8-4-7-12-5-2-1-3-6-12)13-9-14(19(22)23)11-15(10-13)20(24)25/h1-3,5-6,8-11H,4,7H2,(H,18,21)/b17-8-. The fourth-order valence-electron chi connectivity index (χ4n) is 2.05. The van der Waals surface area contributed by atoms with Gasteiger partial charge >= 0.3 is 0 Å². The lowest BCUT2D eigenvalue weighted by Gasteiger charge is -2.01. The van der Waals surface area contributed by atoms with Crippen molar-refractivity contribution >= 4 is 23.5 Å². The Labute approximate surface area is 142 Å². The molecule has 0 radical (unpaired) electrons. The Balaban J connectivity index is 1.99. The van der Waals surface area contributed by atoms with Gasteiger partial charge in [0.25, 0.3) is 17.3 Å². The molecule has 0 atom stereocenters. The second-order valence-electron chi connectivity index (χ2n) is 5.03. The van der Waals surface area contributed by atoms with Gasteiger partial charge in [0.2, 0.25) is 0 Å². The van der Waals surface area contributed by atoms with Crippen LogP contribution in [0.1, 0.15) is 22.3 Å². The van der Waals surface area contributed by atoms with Crippen molar-refractivity contribution in [3.63, 3.8) is 0 Å². The molecule has 1 amide bonds. The van der Waals surface area contributed by atoms with E-state index in [2.05, 4.69) is 10.5 Å². The van der Waals surface area contributed by atoms with Crippen LogP contribution in [-0.4, -0.2) is 22.0 Å². The van der Waals surface area contributed by atoms with E-state index < -0.39 is 27.1 Å². The van der Waals surface area contributed by atoms with Crippen molar-refractivity contribution in [2.45, 2.75) is 12.8 Å². The van der Waals surface area contributed by atoms with Crippen LogP contribution in [0.5, 0.6) is 0 Å². The van der Waals surface area contributed by atoms with Crippen LogP contribution >= 0.6 is 0 Å². The molecule has 0 aliphatic heterocycles. The quantitative estimate of drug-likeness (QED) is 0.470. The van der Waals surface area contributed by atoms with Gasteiger partial charge in [0.05, 0.1) is 21.5 Å². The average molecular weight is 342 g/mol. The Morgan fingerprint density at radius 3 is 2.20 bits per heavy atom. The van der Waals surface area contributed by atoms with Gasteiger partial charge in [-0.15, -0.1) is 0 Å². The van der Waals surface area contributed by atoms with Crippen molar-refractivity contribution in [1.29, 1.82) is 0 Å². The van der Waals surface area contributed by atoms with E-state index in [1.807, 2.05) is 30.3 Å². The molecule has 0 saturated heterocycles. The van der Waals surface area contributed by atoms with Crippen molar-refractivity contribution in [3.8, 4) is 0 Å². The minimum Gasteiger partial charge on any atom is -0.267 e. The number of amides is 1. The van der Waals surface area contributed by atoms with Crippen LogP contribution < -0.4 is 5.43 Å². The van der Waals surface area contributed by atoms with Gasteiger partial charge < -0.3 is 0 Å². The van der Waals surface area contributed by atoms with E-state index in [1.165, 1.54) is 6.21 Å². The third kappa shape index (κ3) is 5.20. The molecule has 0 saturated carbocycles. The zero-order valence-electron chi connectivity index (χ0n) is 13.0. The summed E-state index contributed by atoms with van der Waals surface area (Å²) in [6, 6.07) is 12.4. The van der Waals surface area contributed by atoms with E-state index in [0.29, 0.717) is 6.42 Å². The summed E-state index contributed by atoms with van der Waals surface area (Å²) in [5, 5.41) is 25.4. The van der Waals surface area contributed by atoms with Crippen LogP contribution in [0.25, 0.3) is 0 Å². The highest BCUT2D eigenvalue weighted by atomic mass is 16.6. The van der Waals surface area contributed by atoms with Gasteiger partial charge in [-0.25, -0.2) is 5.43 Å². The molecular weight excluding hydrogens is 328 g/mol. The first kappa shape index (κ1) is 17.7. The predicted octanol–water partition coefficient (Wildman–Crippen LogP) is 2.85. The van der Waals surface area contributed by atoms with Crippen LogP contribution in [-0.2, 0) is 6.42 Å². The fraction of sp³-hybridized carbons (Fsp3) is 0.125. The van der Waals surface area contributed by atoms with Crippen LogP contribution in [0, 0.1) is 20.2 Å². The van der Waals surface area contributed by atoms with Crippen LogP contribution in [0.3, 0.4) is 0 Å². The minimum absolute atomic E-state index is 0.207. The average Bonchev–Trinajstić information content (AvgIpc) is 2.61. The van der Waals surface area contributed by atoms with Crippen LogP contribution in [0.15, 0.2) is 53.6 Å². The fourth-order valence-corrected chi connectivity index (χ4v) is 2.05. The molecule has 25 heavy (non-hydrogen) atoms. The third-order valence-corrected chi connectivity index (χ3v) is 3.25. The first-order chi connectivity index (χ1) is 12.0. The maximum atomic E-state index is 12.0. The van der Waals surface area contributed by atoms with Crippen LogP contribution in [0.2, 0.25) is 0 Å². The van der Waals surface area contributed by atoms with Gasteiger partial charge in [0.1, 0.15) is 0 Å². The number of nitro groups is 2. The van der Waals surface area contributed by atoms with Crippen molar-refractivity contribution in [3.05, 3.63) is 79.9 Å². The Hall–Kier alpha value is -3.62. The normalized spacial score (nSPS) is 10.6. The summed E-state index contributed by atoms with van der Waals surface area (Å²) in [5.74, 6) is -0.761. The maximum Gasteiger partial charge on any atom is 0.277 e. The number of carbonyl (C=O) groups is 1. The molecule has 0 unspecified atom stereocenters. The predicted molar refractivity (Wildman–Crippen MR) is 90.5 cm³/mol. The molecule has 0 bridgehead atoms. The topological polar surface area (TPSA) is 128 Å². The van der Waals surface area contributed by atoms with Gasteiger partial charge in [-0.1, -0.05) is 30.3 Å². The van der Waals surface area contributed by atoms with Gasteiger partial charge in [0, 0.05) is 18.3 Å². The maximum absolute atomic E-state index is 12.0. The zero-order chi connectivity index (χ0) is 18.2. The second-order valence-corrected chi connectivity index (χ2v) is 5.03. The molecule has 2 aromatic rings. The third-order valence-electron chi connectivity index (χ3n) is 3.25. The molecule has 0 spiro atoms. The summed E-state index contributed by atoms with van der Waals surface area (Å²) in [7, 11) is 0. The molecule has 1 N–H and O–H groups in total. The number of hydrogen-bond acceptors (Lipinski definition) is 6. The summed E-state index contributed by atoms with van der Waals surface area (Å²) in [6.45, 7) is 0. The van der Waals surface area contributed by atoms with Crippen molar-refractivity contribution in [2.24, 2.45) is 5.10 Å². The van der Waals surface area contributed by atoms with E-state index in [-0.39, 0.29) is 5.56 Å². The monoisotopic (exact) mass is 342 g/mol. The molecule has 2 rings (SSSR count). The Morgan fingerprint density at radius 1 is 1.04 bits per heavy atom. The van der Waals surface area contributed by atoms with Crippen LogP contribution in [0.4, 0.5) is 11.4 Å². The lowest BCUT2D eigenvalue weighted by molar-refractivity contribution is -0.394. The molecule has 128 valence electrons. The van der Waals surface area contributed by atoms with E-state index in [9.17, 15) is 25.0 Å². The minimum atomic E-state index is -0.799. The molecule has 0 heterocycles. The van der Waals surface area contributed by atoms with Gasteiger partial charge in [-0.05, 0) is 18.4 Å². The van der Waals surface area contributed by atoms with E-state index in [1.54, 1.807) is 0 Å². The number of nitro benzene ring substituents is 2. The highest BCUT2D eigenvalue weighted by Gasteiger charge is 2.19. The summed E-state index contributed by atoms with van der Waals surface area (Å²) in [6.07, 6.45) is 2.82. The summed E-state index contributed by atoms with van der Waals surface area (Å²) in [4.78, 5) is 32.0. The SMILES string of the molecule is O=C(N/N=C\CCc1ccccc1)c1cc([N+](=O)[O-])cc([N+](=O)[O-])c1. The smallest absolute Gasteiger partial charge is 0.267 e. The highest BCUT2D eigenvalue weighted by Crippen LogP contribution is 2.22. The van der Waals surface area contributed by atoms with Gasteiger partial charge in [-0.3, -0.25) is 25.0 Å². The molecule has 0 fully saturated rings. The largest absolute Gasteiger partial charge is 0.277 e.